The van der Waals surface area contributed by atoms with Gasteiger partial charge in [0, 0.05) is 11.3 Å². The molecule has 0 atom stereocenters. The molecule has 0 spiro atoms. The van der Waals surface area contributed by atoms with Gasteiger partial charge in [-0.15, -0.1) is 0 Å². The van der Waals surface area contributed by atoms with Crippen LogP contribution in [0.3, 0.4) is 0 Å². The topological polar surface area (TPSA) is 93.1 Å². The fourth-order valence-electron chi connectivity index (χ4n) is 3.38. The lowest BCUT2D eigenvalue weighted by Gasteiger charge is -2.31. The zero-order valence-electron chi connectivity index (χ0n) is 16.7. The number of aryl methyl sites for hydroxylation is 1. The molecule has 156 valence electrons. The number of rotatable bonds is 3. The molecular formula is C21H21FN4O3S. The lowest BCUT2D eigenvalue weighted by atomic mass is 10.0. The summed E-state index contributed by atoms with van der Waals surface area (Å²) in [7, 11) is 0. The summed E-state index contributed by atoms with van der Waals surface area (Å²) in [5, 5.41) is 6.38. The number of carbonyl (C=O) groups is 1. The van der Waals surface area contributed by atoms with E-state index < -0.39 is 17.1 Å². The Balaban J connectivity index is 0.000000806. The second kappa shape index (κ2) is 8.58. The van der Waals surface area contributed by atoms with Gasteiger partial charge >= 0.3 is 11.6 Å². The second-order valence-electron chi connectivity index (χ2n) is 7.46. The van der Waals surface area contributed by atoms with Crippen LogP contribution in [-0.2, 0) is 28.4 Å². The molecule has 0 fully saturated rings. The van der Waals surface area contributed by atoms with Gasteiger partial charge in [0.1, 0.15) is 29.7 Å². The number of anilines is 2. The van der Waals surface area contributed by atoms with Crippen molar-refractivity contribution in [2.24, 2.45) is 0 Å². The zero-order valence-corrected chi connectivity index (χ0v) is 17.5. The van der Waals surface area contributed by atoms with E-state index in [1.807, 2.05) is 49.6 Å². The predicted molar refractivity (Wildman–Crippen MR) is 112 cm³/mol. The third-order valence-corrected chi connectivity index (χ3v) is 4.71. The summed E-state index contributed by atoms with van der Waals surface area (Å²) in [6, 6.07) is 14.2. The molecule has 30 heavy (non-hydrogen) atoms. The van der Waals surface area contributed by atoms with Crippen LogP contribution in [0.15, 0.2) is 48.5 Å². The van der Waals surface area contributed by atoms with E-state index >= 15 is 0 Å². The fourth-order valence-corrected chi connectivity index (χ4v) is 3.38. The summed E-state index contributed by atoms with van der Waals surface area (Å²) in [5.41, 5.74) is 2.94. The normalized spacial score (nSPS) is 14.1. The lowest BCUT2D eigenvalue weighted by molar-refractivity contribution is -0.124. The van der Waals surface area contributed by atoms with Gasteiger partial charge in [-0.1, -0.05) is 17.7 Å². The van der Waals surface area contributed by atoms with E-state index in [-0.39, 0.29) is 18.3 Å². The molecule has 0 aliphatic carbocycles. The van der Waals surface area contributed by atoms with Crippen LogP contribution in [0.25, 0.3) is 11.3 Å². The number of nitrogens with zero attached hydrogens (tertiary/aromatic N) is 2. The van der Waals surface area contributed by atoms with Crippen molar-refractivity contribution in [3.8, 4) is 11.3 Å². The molecule has 1 amide bonds. The molecule has 1 aliphatic heterocycles. The molecular weight excluding hydrogens is 407 g/mol. The zero-order chi connectivity index (χ0) is 21.9. The van der Waals surface area contributed by atoms with Crippen LogP contribution in [0.1, 0.15) is 25.2 Å². The Labute approximate surface area is 176 Å². The number of benzene rings is 2. The number of amides is 1. The minimum absolute atomic E-state index is 0.0671. The summed E-state index contributed by atoms with van der Waals surface area (Å²) in [5.74, 6) is 1.12. The maximum atomic E-state index is 13.4. The SMILES string of the molecule is Cc1ccc(Nc2c(-c3ccc(F)cc3)nc3n2CC(=O)NC3(C)C)cc1.O=S=O. The Kier molecular flexibility index (Phi) is 6.12. The van der Waals surface area contributed by atoms with E-state index in [9.17, 15) is 9.18 Å². The molecule has 4 rings (SSSR count). The van der Waals surface area contributed by atoms with Crippen LogP contribution >= 0.6 is 0 Å². The molecule has 2 heterocycles. The Bertz CT molecular complexity index is 1100. The van der Waals surface area contributed by atoms with Crippen molar-refractivity contribution in [1.82, 2.24) is 14.9 Å². The molecule has 7 nitrogen and oxygen atoms in total. The van der Waals surface area contributed by atoms with Crippen molar-refractivity contribution in [1.29, 1.82) is 0 Å². The molecule has 9 heteroatoms. The van der Waals surface area contributed by atoms with Gasteiger partial charge in [-0.25, -0.2) is 9.37 Å². The first kappa shape index (κ1) is 21.4. The van der Waals surface area contributed by atoms with Crippen molar-refractivity contribution in [3.63, 3.8) is 0 Å². The Morgan fingerprint density at radius 1 is 1.10 bits per heavy atom. The quantitative estimate of drug-likeness (QED) is 0.667. The first-order valence-electron chi connectivity index (χ1n) is 9.18. The predicted octanol–water partition coefficient (Wildman–Crippen LogP) is 3.44. The van der Waals surface area contributed by atoms with E-state index in [0.29, 0.717) is 5.69 Å². The van der Waals surface area contributed by atoms with Crippen LogP contribution < -0.4 is 10.6 Å². The molecule has 0 unspecified atom stereocenters. The third kappa shape index (κ3) is 4.46. The van der Waals surface area contributed by atoms with Crippen molar-refractivity contribution in [3.05, 3.63) is 65.7 Å². The number of imidazole rings is 1. The van der Waals surface area contributed by atoms with Crippen LogP contribution in [-0.4, -0.2) is 23.9 Å². The molecule has 1 aromatic heterocycles. The summed E-state index contributed by atoms with van der Waals surface area (Å²) >= 11 is -0.750. The number of hydrogen-bond donors (Lipinski definition) is 2. The van der Waals surface area contributed by atoms with Crippen molar-refractivity contribution in [2.45, 2.75) is 32.9 Å². The summed E-state index contributed by atoms with van der Waals surface area (Å²) in [6.45, 7) is 6.06. The van der Waals surface area contributed by atoms with E-state index in [4.69, 9.17) is 13.4 Å². The molecule has 0 radical (unpaired) electrons. The highest BCUT2D eigenvalue weighted by molar-refractivity contribution is 7.51. The standard InChI is InChI=1S/C21H21FN4O.O2S/c1-13-4-10-16(11-5-13)23-19-18(14-6-8-15(22)9-7-14)24-20-21(2,3)25-17(27)12-26(19)20;1-3-2/h4-11,23H,12H2,1-3H3,(H,25,27);. The van der Waals surface area contributed by atoms with Gasteiger partial charge in [-0.3, -0.25) is 4.79 Å². The van der Waals surface area contributed by atoms with Crippen molar-refractivity contribution >= 4 is 29.0 Å². The lowest BCUT2D eigenvalue weighted by Crippen LogP contribution is -2.49. The maximum Gasteiger partial charge on any atom is 0.335 e. The molecule has 0 bridgehead atoms. The number of halogens is 1. The van der Waals surface area contributed by atoms with E-state index in [2.05, 4.69) is 10.6 Å². The number of hydrogen-bond acceptors (Lipinski definition) is 5. The average Bonchev–Trinajstić information content (AvgIpc) is 3.03. The first-order chi connectivity index (χ1) is 14.2. The number of fused-ring (bicyclic) bond motifs is 1. The van der Waals surface area contributed by atoms with E-state index in [1.54, 1.807) is 12.1 Å². The highest BCUT2D eigenvalue weighted by Crippen LogP contribution is 2.36. The summed E-state index contributed by atoms with van der Waals surface area (Å²) in [4.78, 5) is 17.1. The highest BCUT2D eigenvalue weighted by Gasteiger charge is 2.36. The number of carbonyl (C=O) groups excluding carboxylic acids is 1. The molecule has 1 aliphatic rings. The maximum absolute atomic E-state index is 13.4. The molecule has 2 aromatic carbocycles. The molecule has 0 saturated heterocycles. The second-order valence-corrected chi connectivity index (χ2v) is 7.59. The number of aromatic nitrogens is 2. The van der Waals surface area contributed by atoms with E-state index in [0.717, 1.165) is 28.5 Å². The fraction of sp³-hybridized carbons (Fsp3) is 0.238. The minimum atomic E-state index is -0.750. The van der Waals surface area contributed by atoms with Crippen LogP contribution in [0.2, 0.25) is 0 Å². The van der Waals surface area contributed by atoms with Gasteiger partial charge < -0.3 is 15.2 Å². The van der Waals surface area contributed by atoms with Gasteiger partial charge in [0.25, 0.3) is 0 Å². The summed E-state index contributed by atoms with van der Waals surface area (Å²) in [6.07, 6.45) is 0. The first-order valence-corrected chi connectivity index (χ1v) is 9.85. The largest absolute Gasteiger partial charge is 0.342 e. The van der Waals surface area contributed by atoms with Crippen molar-refractivity contribution < 1.29 is 17.6 Å². The van der Waals surface area contributed by atoms with Gasteiger partial charge in [0.05, 0.1) is 5.54 Å². The van der Waals surface area contributed by atoms with Gasteiger partial charge in [-0.2, -0.15) is 8.42 Å². The average molecular weight is 428 g/mol. The van der Waals surface area contributed by atoms with Crippen LogP contribution in [0.5, 0.6) is 0 Å². The smallest absolute Gasteiger partial charge is 0.335 e. The van der Waals surface area contributed by atoms with E-state index in [1.165, 1.54) is 12.1 Å². The number of nitrogens with one attached hydrogen (secondary N) is 2. The third-order valence-electron chi connectivity index (χ3n) is 4.71. The Morgan fingerprint density at radius 2 is 1.70 bits per heavy atom. The van der Waals surface area contributed by atoms with Gasteiger partial charge in [0.15, 0.2) is 0 Å². The van der Waals surface area contributed by atoms with Crippen LogP contribution in [0.4, 0.5) is 15.9 Å². The highest BCUT2D eigenvalue weighted by atomic mass is 32.1. The molecule has 0 saturated carbocycles. The Hall–Kier alpha value is -3.33. The van der Waals surface area contributed by atoms with Gasteiger partial charge in [0.2, 0.25) is 5.91 Å². The Morgan fingerprint density at radius 3 is 2.30 bits per heavy atom. The molecule has 2 N–H and O–H groups in total. The van der Waals surface area contributed by atoms with Gasteiger partial charge in [-0.05, 0) is 57.2 Å². The van der Waals surface area contributed by atoms with Crippen LogP contribution in [0, 0.1) is 12.7 Å². The molecule has 3 aromatic rings. The minimum Gasteiger partial charge on any atom is -0.342 e. The monoisotopic (exact) mass is 428 g/mol. The summed E-state index contributed by atoms with van der Waals surface area (Å²) < 4.78 is 31.9. The van der Waals surface area contributed by atoms with Crippen molar-refractivity contribution in [2.75, 3.05) is 5.32 Å².